The molecule has 0 radical (unpaired) electrons. The van der Waals surface area contributed by atoms with E-state index >= 15 is 0 Å². The van der Waals surface area contributed by atoms with Crippen molar-refractivity contribution >= 4 is 35.6 Å². The lowest BCUT2D eigenvalue weighted by molar-refractivity contribution is -0.396. The standard InChI is InChI=1S/C34H36O13/c1-6-7-20(2)8-11-24-28(38)44-33(45-29(24)39)16-18-34(19-17-33)46-30(40)25(31(41)47-34)13-10-21(3)9-12-23-26(36)42-32(5,43-27(23)37)15-14-22(4)35/h6-13,36H,14-19H2,1-5H3/p-1/b7-6+,12-9?,20-8+,21-10?,24-11?,25-13?. The van der Waals surface area contributed by atoms with E-state index < -0.39 is 58.7 Å². The van der Waals surface area contributed by atoms with E-state index in [1.165, 1.54) is 44.2 Å². The van der Waals surface area contributed by atoms with Crippen molar-refractivity contribution in [2.75, 3.05) is 0 Å². The number of hydrogen-bond acceptors (Lipinski definition) is 13. The van der Waals surface area contributed by atoms with Crippen LogP contribution >= 0.6 is 0 Å². The van der Waals surface area contributed by atoms with Crippen molar-refractivity contribution in [2.24, 2.45) is 0 Å². The van der Waals surface area contributed by atoms with Gasteiger partial charge < -0.3 is 38.3 Å². The van der Waals surface area contributed by atoms with Crippen LogP contribution < -0.4 is 5.11 Å². The molecule has 4 aliphatic rings. The Kier molecular flexibility index (Phi) is 10.1. The van der Waals surface area contributed by atoms with Crippen LogP contribution in [0, 0.1) is 0 Å². The minimum absolute atomic E-state index is 0.0202. The highest BCUT2D eigenvalue weighted by Crippen LogP contribution is 2.45. The first-order valence-corrected chi connectivity index (χ1v) is 14.9. The second-order valence-electron chi connectivity index (χ2n) is 11.7. The average molecular weight is 652 g/mol. The van der Waals surface area contributed by atoms with E-state index in [1.807, 2.05) is 13.0 Å². The average Bonchev–Trinajstić information content (AvgIpc) is 2.97. The topological polar surface area (TPSA) is 181 Å². The second-order valence-corrected chi connectivity index (χ2v) is 11.7. The number of carbonyl (C=O) groups excluding carboxylic acids is 6. The third-order valence-corrected chi connectivity index (χ3v) is 7.72. The quantitative estimate of drug-likeness (QED) is 0.123. The molecule has 13 nitrogen and oxygen atoms in total. The van der Waals surface area contributed by atoms with Crippen LogP contribution in [0.2, 0.25) is 0 Å². The van der Waals surface area contributed by atoms with Gasteiger partial charge in [0.15, 0.2) is 5.79 Å². The Morgan fingerprint density at radius 3 is 1.55 bits per heavy atom. The van der Waals surface area contributed by atoms with E-state index in [4.69, 9.17) is 28.4 Å². The summed E-state index contributed by atoms with van der Waals surface area (Å²) in [5, 5.41) is 12.4. The fourth-order valence-electron chi connectivity index (χ4n) is 5.06. The zero-order valence-corrected chi connectivity index (χ0v) is 26.7. The summed E-state index contributed by atoms with van der Waals surface area (Å²) >= 11 is 0. The highest BCUT2D eigenvalue weighted by atomic mass is 16.8. The first kappa shape index (κ1) is 34.7. The second kappa shape index (κ2) is 13.7. The molecule has 0 aromatic carbocycles. The van der Waals surface area contributed by atoms with Crippen molar-refractivity contribution in [1.82, 2.24) is 0 Å². The Bertz CT molecular complexity index is 1560. The Morgan fingerprint density at radius 2 is 1.15 bits per heavy atom. The summed E-state index contributed by atoms with van der Waals surface area (Å²) < 4.78 is 32.5. The van der Waals surface area contributed by atoms with Gasteiger partial charge in [-0.3, -0.25) is 0 Å². The molecule has 0 amide bonds. The van der Waals surface area contributed by atoms with Crippen molar-refractivity contribution in [3.63, 3.8) is 0 Å². The predicted molar refractivity (Wildman–Crippen MR) is 158 cm³/mol. The van der Waals surface area contributed by atoms with Gasteiger partial charge in [0.25, 0.3) is 11.6 Å². The maximum Gasteiger partial charge on any atom is 0.348 e. The Morgan fingerprint density at radius 1 is 0.702 bits per heavy atom. The Balaban J connectivity index is 1.37. The van der Waals surface area contributed by atoms with E-state index in [0.717, 1.165) is 5.57 Å². The van der Waals surface area contributed by atoms with Crippen molar-refractivity contribution in [3.05, 3.63) is 82.4 Å². The molecule has 2 spiro atoms. The van der Waals surface area contributed by atoms with Crippen LogP contribution in [0.5, 0.6) is 0 Å². The van der Waals surface area contributed by atoms with Crippen LogP contribution in [0.15, 0.2) is 82.4 Å². The molecule has 47 heavy (non-hydrogen) atoms. The molecule has 0 aromatic rings. The molecule has 13 heteroatoms. The molecular formula is C34H35O13-. The number of ether oxygens (including phenoxy) is 6. The van der Waals surface area contributed by atoms with Gasteiger partial charge in [-0.2, -0.15) is 0 Å². The predicted octanol–water partition coefficient (Wildman–Crippen LogP) is 3.26. The number of esters is 5. The summed E-state index contributed by atoms with van der Waals surface area (Å²) in [6.45, 7) is 7.97. The largest absolute Gasteiger partial charge is 0.574 e. The first-order chi connectivity index (χ1) is 22.1. The van der Waals surface area contributed by atoms with Crippen molar-refractivity contribution in [1.29, 1.82) is 0 Å². The smallest absolute Gasteiger partial charge is 0.348 e. The molecule has 1 atom stereocenters. The molecule has 3 aliphatic heterocycles. The zero-order valence-electron chi connectivity index (χ0n) is 26.7. The van der Waals surface area contributed by atoms with Gasteiger partial charge in [0.05, 0.1) is 11.5 Å². The maximum absolute atomic E-state index is 12.9. The molecule has 0 aromatic heterocycles. The summed E-state index contributed by atoms with van der Waals surface area (Å²) in [7, 11) is 0. The van der Waals surface area contributed by atoms with Gasteiger partial charge in [-0.1, -0.05) is 41.5 Å². The summed E-state index contributed by atoms with van der Waals surface area (Å²) in [5.41, 5.74) is 0.195. The Hall–Kier alpha value is -5.20. The first-order valence-electron chi connectivity index (χ1n) is 14.9. The Labute approximate surface area is 270 Å². The fourth-order valence-corrected chi connectivity index (χ4v) is 5.06. The lowest BCUT2D eigenvalue weighted by atomic mass is 9.87. The van der Waals surface area contributed by atoms with E-state index in [9.17, 15) is 33.9 Å². The molecule has 3 heterocycles. The molecule has 3 fully saturated rings. The highest BCUT2D eigenvalue weighted by molar-refractivity contribution is 6.16. The summed E-state index contributed by atoms with van der Waals surface area (Å²) in [5.74, 6) is -10.4. The van der Waals surface area contributed by atoms with Crippen LogP contribution in [0.3, 0.4) is 0 Å². The minimum Gasteiger partial charge on any atom is -0.574 e. The summed E-state index contributed by atoms with van der Waals surface area (Å²) in [4.78, 5) is 74.7. The molecular weight excluding hydrogens is 616 g/mol. The summed E-state index contributed by atoms with van der Waals surface area (Å²) in [6, 6.07) is 0. The van der Waals surface area contributed by atoms with Crippen LogP contribution in [-0.4, -0.2) is 53.0 Å². The van der Waals surface area contributed by atoms with Crippen LogP contribution in [0.25, 0.3) is 0 Å². The molecule has 2 saturated heterocycles. The maximum atomic E-state index is 12.9. The van der Waals surface area contributed by atoms with Gasteiger partial charge in [0.2, 0.25) is 0 Å². The highest BCUT2D eigenvalue weighted by Gasteiger charge is 2.56. The molecule has 4 rings (SSSR count). The van der Waals surface area contributed by atoms with Gasteiger partial charge in [0.1, 0.15) is 16.9 Å². The van der Waals surface area contributed by atoms with Crippen LogP contribution in [0.4, 0.5) is 0 Å². The number of rotatable bonds is 8. The number of cyclic esters (lactones) is 1. The van der Waals surface area contributed by atoms with E-state index in [-0.39, 0.29) is 55.5 Å². The molecule has 1 saturated carbocycles. The monoisotopic (exact) mass is 651 g/mol. The molecule has 1 aliphatic carbocycles. The van der Waals surface area contributed by atoms with Gasteiger partial charge >= 0.3 is 29.8 Å². The van der Waals surface area contributed by atoms with Crippen molar-refractivity contribution < 1.29 is 62.3 Å². The molecule has 1 unspecified atom stereocenters. The lowest BCUT2D eigenvalue weighted by Gasteiger charge is -2.46. The molecule has 250 valence electrons. The SMILES string of the molecule is C/C=C/C(C)=C/C=C1C(=O)OC2(CCC3(CC2)OC(=O)C(=CC=C(C)C=CC2=C([O-])OC(C)(CCC(C)=O)OC2=O)C(=O)O3)OC1=O. The van der Waals surface area contributed by atoms with Gasteiger partial charge in [0, 0.05) is 38.5 Å². The van der Waals surface area contributed by atoms with E-state index in [1.54, 1.807) is 26.0 Å². The number of carbonyl (C=O) groups is 6. The number of Topliss-reactive ketones (excluding diaryl/α,β-unsaturated/α-hetero) is 1. The number of allylic oxidation sites excluding steroid dienone is 9. The lowest BCUT2D eigenvalue weighted by Crippen LogP contribution is -2.56. The van der Waals surface area contributed by atoms with Crippen LogP contribution in [-0.2, 0) is 57.2 Å². The van der Waals surface area contributed by atoms with Crippen LogP contribution in [0.1, 0.15) is 73.1 Å². The zero-order chi connectivity index (χ0) is 34.6. The third kappa shape index (κ3) is 8.15. The van der Waals surface area contributed by atoms with Crippen molar-refractivity contribution in [2.45, 2.75) is 90.5 Å². The van der Waals surface area contributed by atoms with Gasteiger partial charge in [-0.05, 0) is 52.8 Å². The van der Waals surface area contributed by atoms with E-state index in [0.29, 0.717) is 5.57 Å². The molecule has 0 bridgehead atoms. The van der Waals surface area contributed by atoms with Gasteiger partial charge in [-0.25, -0.2) is 24.0 Å². The number of hydrogen-bond donors (Lipinski definition) is 0. The normalized spacial score (nSPS) is 28.7. The van der Waals surface area contributed by atoms with Crippen molar-refractivity contribution in [3.8, 4) is 0 Å². The van der Waals surface area contributed by atoms with Gasteiger partial charge in [-0.15, -0.1) is 0 Å². The summed E-state index contributed by atoms with van der Waals surface area (Å²) in [6.07, 6.45) is 11.4. The number of ketones is 1. The molecule has 0 N–H and O–H groups in total. The third-order valence-electron chi connectivity index (χ3n) is 7.72. The minimum atomic E-state index is -1.63. The van der Waals surface area contributed by atoms with E-state index in [2.05, 4.69) is 0 Å². The fraction of sp³-hybridized carbons (Fsp3) is 0.412.